The maximum absolute atomic E-state index is 12.1. The first kappa shape index (κ1) is 32.5. The molecule has 4 N–H and O–H groups in total. The second-order valence-corrected chi connectivity index (χ2v) is 13.0. The van der Waals surface area contributed by atoms with E-state index in [9.17, 15) is 4.79 Å². The van der Waals surface area contributed by atoms with Crippen molar-refractivity contribution in [2.75, 3.05) is 60.5 Å². The average Bonchev–Trinajstić information content (AvgIpc) is 3.08. The summed E-state index contributed by atoms with van der Waals surface area (Å²) >= 11 is 0. The molecule has 7 heterocycles. The first-order valence-corrected chi connectivity index (χ1v) is 16.2. The number of nitrogens with two attached hydrogens (primary N) is 2. The lowest BCUT2D eigenvalue weighted by Crippen LogP contribution is -2.50. The summed E-state index contributed by atoms with van der Waals surface area (Å²) in [6.07, 6.45) is 4.91. The summed E-state index contributed by atoms with van der Waals surface area (Å²) in [5, 5.41) is 0. The van der Waals surface area contributed by atoms with Crippen molar-refractivity contribution >= 4 is 51.4 Å². The van der Waals surface area contributed by atoms with E-state index in [4.69, 9.17) is 26.2 Å². The Morgan fingerprint density at radius 1 is 0.771 bits per heavy atom. The zero-order chi connectivity index (χ0) is 33.8. The minimum Gasteiger partial charge on any atom is -0.444 e. The molecule has 2 fully saturated rings. The van der Waals surface area contributed by atoms with Crippen LogP contribution in [0.1, 0.15) is 50.9 Å². The molecule has 48 heavy (non-hydrogen) atoms. The van der Waals surface area contributed by atoms with Gasteiger partial charge in [-0.1, -0.05) is 6.07 Å². The number of piperazine rings is 1. The molecule has 2 aliphatic rings. The summed E-state index contributed by atoms with van der Waals surface area (Å²) in [6, 6.07) is 14.0. The van der Waals surface area contributed by atoms with E-state index in [-0.39, 0.29) is 6.09 Å². The van der Waals surface area contributed by atoms with Crippen LogP contribution in [0.4, 0.5) is 28.1 Å². The Balaban J connectivity index is 0.000000167. The molecule has 14 nitrogen and oxygen atoms in total. The summed E-state index contributed by atoms with van der Waals surface area (Å²) < 4.78 is 5.41. The molecular formula is C34H42N12O2. The smallest absolute Gasteiger partial charge is 0.410 e. The Morgan fingerprint density at radius 3 is 1.96 bits per heavy atom. The molecule has 0 aromatic carbocycles. The van der Waals surface area contributed by atoms with Crippen LogP contribution in [0.3, 0.4) is 0 Å². The Hall–Kier alpha value is -5.40. The van der Waals surface area contributed by atoms with Crippen LogP contribution in [0.15, 0.2) is 55.1 Å². The van der Waals surface area contributed by atoms with E-state index in [0.717, 1.165) is 54.3 Å². The molecule has 5 aromatic rings. The van der Waals surface area contributed by atoms with E-state index in [1.165, 1.54) is 18.3 Å². The summed E-state index contributed by atoms with van der Waals surface area (Å²) in [4.78, 5) is 48.6. The van der Waals surface area contributed by atoms with Crippen molar-refractivity contribution < 1.29 is 9.53 Å². The number of aromatic nitrogens is 7. The molecule has 14 heteroatoms. The number of piperidine rings is 1. The number of pyridine rings is 3. The van der Waals surface area contributed by atoms with E-state index in [2.05, 4.69) is 46.9 Å². The van der Waals surface area contributed by atoms with Gasteiger partial charge in [0.05, 0.1) is 11.0 Å². The number of nitrogen functional groups attached to an aromatic ring is 2. The number of ether oxygens (including phenoxy) is 1. The van der Waals surface area contributed by atoms with Crippen LogP contribution in [0.25, 0.3) is 22.1 Å². The van der Waals surface area contributed by atoms with Crippen molar-refractivity contribution in [1.29, 1.82) is 0 Å². The van der Waals surface area contributed by atoms with Crippen LogP contribution >= 0.6 is 0 Å². The lowest BCUT2D eigenvalue weighted by molar-refractivity contribution is 0.0240. The summed E-state index contributed by atoms with van der Waals surface area (Å²) in [7, 11) is 0. The van der Waals surface area contributed by atoms with E-state index in [0.29, 0.717) is 54.8 Å². The number of rotatable bonds is 3. The van der Waals surface area contributed by atoms with Gasteiger partial charge in [-0.05, 0) is 76.9 Å². The number of fused-ring (bicyclic) bond motifs is 2. The normalized spacial score (nSPS) is 16.8. The van der Waals surface area contributed by atoms with E-state index < -0.39 is 5.60 Å². The molecule has 1 atom stereocenters. The monoisotopic (exact) mass is 650 g/mol. The van der Waals surface area contributed by atoms with Gasteiger partial charge in [-0.3, -0.25) is 4.98 Å². The van der Waals surface area contributed by atoms with Crippen molar-refractivity contribution in [3.63, 3.8) is 0 Å². The van der Waals surface area contributed by atoms with Gasteiger partial charge < -0.3 is 30.9 Å². The highest BCUT2D eigenvalue weighted by atomic mass is 16.6. The van der Waals surface area contributed by atoms with Crippen molar-refractivity contribution in [2.45, 2.75) is 52.1 Å². The Kier molecular flexibility index (Phi) is 9.33. The molecule has 0 spiro atoms. The minimum absolute atomic E-state index is 0.272. The van der Waals surface area contributed by atoms with Crippen LogP contribution in [0.5, 0.6) is 0 Å². The van der Waals surface area contributed by atoms with Gasteiger partial charge in [0.1, 0.15) is 40.9 Å². The molecular weight excluding hydrogens is 608 g/mol. The molecule has 0 saturated carbocycles. The molecule has 0 radical (unpaired) electrons. The second kappa shape index (κ2) is 13.8. The van der Waals surface area contributed by atoms with Gasteiger partial charge in [0, 0.05) is 56.6 Å². The van der Waals surface area contributed by atoms with Crippen LogP contribution in [0, 0.1) is 6.92 Å². The van der Waals surface area contributed by atoms with Crippen LogP contribution in [-0.4, -0.2) is 90.8 Å². The van der Waals surface area contributed by atoms with E-state index in [1.807, 2.05) is 58.0 Å². The largest absolute Gasteiger partial charge is 0.444 e. The predicted octanol–water partition coefficient (Wildman–Crippen LogP) is 4.36. The zero-order valence-corrected chi connectivity index (χ0v) is 27.9. The van der Waals surface area contributed by atoms with Gasteiger partial charge in [-0.15, -0.1) is 0 Å². The van der Waals surface area contributed by atoms with Gasteiger partial charge in [-0.25, -0.2) is 34.7 Å². The number of amides is 1. The molecule has 0 bridgehead atoms. The van der Waals surface area contributed by atoms with Crippen LogP contribution in [-0.2, 0) is 4.74 Å². The molecule has 7 rings (SSSR count). The third-order valence-corrected chi connectivity index (χ3v) is 8.32. The molecule has 0 aliphatic carbocycles. The second-order valence-electron chi connectivity index (χ2n) is 13.0. The summed E-state index contributed by atoms with van der Waals surface area (Å²) in [5.41, 5.74) is 16.4. The summed E-state index contributed by atoms with van der Waals surface area (Å²) in [6.45, 7) is 12.1. The maximum Gasteiger partial charge on any atom is 0.410 e. The fourth-order valence-electron chi connectivity index (χ4n) is 5.91. The SMILES string of the molecule is CC(C)(C)OC(=O)N1CCN(c2ccc3ncnc(N)c3n2)CC1.Cc1cccc(C2CCCN(c3ccc4ncnc(N)c4n3)C2)n1. The van der Waals surface area contributed by atoms with Gasteiger partial charge >= 0.3 is 6.09 Å². The van der Waals surface area contributed by atoms with Crippen molar-refractivity contribution in [3.05, 3.63) is 66.5 Å². The molecule has 2 saturated heterocycles. The topological polar surface area (TPSA) is 178 Å². The van der Waals surface area contributed by atoms with Gasteiger partial charge in [0.25, 0.3) is 0 Å². The number of hydrogen-bond donors (Lipinski definition) is 2. The molecule has 250 valence electrons. The lowest BCUT2D eigenvalue weighted by Gasteiger charge is -2.36. The minimum atomic E-state index is -0.481. The van der Waals surface area contributed by atoms with Gasteiger partial charge in [-0.2, -0.15) is 0 Å². The standard InChI is InChI=1S/C18H20N6.C16H22N6O2/c1-12-4-2-6-14(22-12)13-5-3-9-24(10-13)16-8-7-15-17(23-16)18(19)21-11-20-15;1-16(2,3)24-15(23)22-8-6-21(7-9-22)12-5-4-11-13(20-12)14(17)19-10-18-11/h2,4,6-8,11,13H,3,5,9-10H2,1H3,(H2,19,20,21);4-5,10H,6-9H2,1-3H3,(H2,17,18,19). The van der Waals surface area contributed by atoms with Crippen molar-refractivity contribution in [3.8, 4) is 0 Å². The molecule has 5 aromatic heterocycles. The highest BCUT2D eigenvalue weighted by Crippen LogP contribution is 2.29. The lowest BCUT2D eigenvalue weighted by atomic mass is 9.94. The third kappa shape index (κ3) is 7.59. The highest BCUT2D eigenvalue weighted by molar-refractivity contribution is 5.85. The number of carbonyl (C=O) groups is 1. The fraction of sp³-hybridized carbons (Fsp3) is 0.412. The number of hydrogen-bond acceptors (Lipinski definition) is 13. The Labute approximate surface area is 279 Å². The number of anilines is 4. The zero-order valence-electron chi connectivity index (χ0n) is 27.9. The summed E-state index contributed by atoms with van der Waals surface area (Å²) in [5.74, 6) is 2.97. The van der Waals surface area contributed by atoms with E-state index >= 15 is 0 Å². The molecule has 1 unspecified atom stereocenters. The fourth-order valence-corrected chi connectivity index (χ4v) is 5.91. The number of aryl methyl sites for hydroxylation is 1. The first-order valence-electron chi connectivity index (χ1n) is 16.2. The Morgan fingerprint density at radius 2 is 1.38 bits per heavy atom. The quantitative estimate of drug-likeness (QED) is 0.282. The van der Waals surface area contributed by atoms with Crippen LogP contribution < -0.4 is 21.3 Å². The average molecular weight is 651 g/mol. The van der Waals surface area contributed by atoms with E-state index in [1.54, 1.807) is 4.90 Å². The molecule has 1 amide bonds. The first-order chi connectivity index (χ1) is 23.0. The van der Waals surface area contributed by atoms with Gasteiger partial charge in [0.15, 0.2) is 11.6 Å². The van der Waals surface area contributed by atoms with Crippen molar-refractivity contribution in [1.82, 2.24) is 39.8 Å². The number of carbonyl (C=O) groups excluding carboxylic acids is 1. The Bertz CT molecular complexity index is 1910. The highest BCUT2D eigenvalue weighted by Gasteiger charge is 2.27. The van der Waals surface area contributed by atoms with Crippen LogP contribution in [0.2, 0.25) is 0 Å². The predicted molar refractivity (Wildman–Crippen MR) is 187 cm³/mol. The van der Waals surface area contributed by atoms with Crippen molar-refractivity contribution in [2.24, 2.45) is 0 Å². The third-order valence-electron chi connectivity index (χ3n) is 8.32. The number of nitrogens with zero attached hydrogens (tertiary/aromatic N) is 10. The molecule has 2 aliphatic heterocycles. The maximum atomic E-state index is 12.1. The van der Waals surface area contributed by atoms with Gasteiger partial charge in [0.2, 0.25) is 0 Å².